The van der Waals surface area contributed by atoms with Crippen LogP contribution in [0.15, 0.2) is 24.5 Å². The third-order valence-electron chi connectivity index (χ3n) is 7.97. The summed E-state index contributed by atoms with van der Waals surface area (Å²) in [5.41, 5.74) is 3.32. The van der Waals surface area contributed by atoms with Crippen LogP contribution < -0.4 is 10.2 Å². The van der Waals surface area contributed by atoms with Gasteiger partial charge in [-0.25, -0.2) is 9.31 Å². The molecule has 0 spiro atoms. The van der Waals surface area contributed by atoms with E-state index in [0.29, 0.717) is 24.4 Å². The molecule has 7 nitrogen and oxygen atoms in total. The fraction of sp³-hybridized carbons (Fsp3) is 0.625. The first-order valence-corrected chi connectivity index (χ1v) is 11.7. The van der Waals surface area contributed by atoms with Crippen molar-refractivity contribution in [2.24, 2.45) is 11.8 Å². The normalized spacial score (nSPS) is 22.1. The number of urea groups is 1. The van der Waals surface area contributed by atoms with Gasteiger partial charge in [-0.05, 0) is 88.6 Å². The van der Waals surface area contributed by atoms with Crippen molar-refractivity contribution < 1.29 is 9.59 Å². The Morgan fingerprint density at radius 3 is 2.58 bits per heavy atom. The van der Waals surface area contributed by atoms with Gasteiger partial charge in [0.1, 0.15) is 0 Å². The van der Waals surface area contributed by atoms with Crippen molar-refractivity contribution in [1.29, 1.82) is 0 Å². The number of hydrogen-bond donors (Lipinski definition) is 1. The molecular weight excluding hydrogens is 390 g/mol. The molecular formula is C24H33N5O2. The fourth-order valence-electron chi connectivity index (χ4n) is 5.56. The third-order valence-corrected chi connectivity index (χ3v) is 7.97. The number of hydrogen-bond acceptors (Lipinski definition) is 4. The number of pyridine rings is 1. The summed E-state index contributed by atoms with van der Waals surface area (Å²) in [6, 6.07) is 3.95. The predicted molar refractivity (Wildman–Crippen MR) is 120 cm³/mol. The number of fused-ring (bicyclic) bond motifs is 1. The predicted octanol–water partition coefficient (Wildman–Crippen LogP) is 3.61. The molecule has 0 atom stereocenters. The molecule has 0 aromatic carbocycles. The molecule has 31 heavy (non-hydrogen) atoms. The van der Waals surface area contributed by atoms with Crippen molar-refractivity contribution in [3.63, 3.8) is 0 Å². The Morgan fingerprint density at radius 2 is 1.90 bits per heavy atom. The van der Waals surface area contributed by atoms with Crippen molar-refractivity contribution in [2.75, 3.05) is 24.5 Å². The van der Waals surface area contributed by atoms with Gasteiger partial charge in [0, 0.05) is 24.7 Å². The van der Waals surface area contributed by atoms with Crippen molar-refractivity contribution in [2.45, 2.75) is 64.3 Å². The van der Waals surface area contributed by atoms with Gasteiger partial charge in [-0.3, -0.25) is 19.9 Å². The number of nitrogens with zero attached hydrogens (tertiary/aromatic N) is 4. The van der Waals surface area contributed by atoms with Gasteiger partial charge in [0.15, 0.2) is 0 Å². The number of imide groups is 1. The number of carbonyl (C=O) groups excluding carboxylic acids is 2. The van der Waals surface area contributed by atoms with E-state index < -0.39 is 0 Å². The molecule has 166 valence electrons. The first-order chi connectivity index (χ1) is 14.9. The molecule has 7 heteroatoms. The van der Waals surface area contributed by atoms with Gasteiger partial charge in [0.25, 0.3) is 0 Å². The lowest BCUT2D eigenvalue weighted by Crippen LogP contribution is -2.54. The number of nitrogens with one attached hydrogen (secondary N) is 1. The van der Waals surface area contributed by atoms with Gasteiger partial charge in [-0.15, -0.1) is 0 Å². The zero-order chi connectivity index (χ0) is 21.6. The monoisotopic (exact) mass is 423 g/mol. The quantitative estimate of drug-likeness (QED) is 0.798. The Bertz CT molecular complexity index is 985. The van der Waals surface area contributed by atoms with Crippen molar-refractivity contribution in [3.8, 4) is 0 Å². The summed E-state index contributed by atoms with van der Waals surface area (Å²) in [5, 5.41) is 6.81. The average Bonchev–Trinajstić information content (AvgIpc) is 3.10. The van der Waals surface area contributed by atoms with Gasteiger partial charge in [0.05, 0.1) is 17.4 Å². The summed E-state index contributed by atoms with van der Waals surface area (Å²) < 4.78 is 1.81. The van der Waals surface area contributed by atoms with Crippen LogP contribution in [0.3, 0.4) is 0 Å². The smallest absolute Gasteiger partial charge is 0.298 e. The summed E-state index contributed by atoms with van der Waals surface area (Å²) in [4.78, 5) is 28.1. The fourth-order valence-corrected chi connectivity index (χ4v) is 5.56. The molecule has 0 radical (unpaired) electrons. The lowest BCUT2D eigenvalue weighted by molar-refractivity contribution is -0.120. The minimum Gasteiger partial charge on any atom is -0.298 e. The van der Waals surface area contributed by atoms with Gasteiger partial charge >= 0.3 is 6.03 Å². The van der Waals surface area contributed by atoms with Crippen LogP contribution in [0.25, 0.3) is 5.52 Å². The molecule has 1 aliphatic carbocycles. The molecule has 5 rings (SSSR count). The van der Waals surface area contributed by atoms with Crippen LogP contribution in [0.1, 0.15) is 57.9 Å². The minimum absolute atomic E-state index is 0.217. The molecule has 0 bridgehead atoms. The molecule has 2 saturated heterocycles. The van der Waals surface area contributed by atoms with E-state index in [1.165, 1.54) is 50.8 Å². The summed E-state index contributed by atoms with van der Waals surface area (Å²) in [6.45, 7) is 7.66. The maximum Gasteiger partial charge on any atom is 0.328 e. The van der Waals surface area contributed by atoms with Gasteiger partial charge in [-0.2, -0.15) is 5.10 Å². The Hall–Kier alpha value is -2.41. The van der Waals surface area contributed by atoms with E-state index in [1.54, 1.807) is 11.1 Å². The van der Waals surface area contributed by atoms with Crippen molar-refractivity contribution in [3.05, 3.63) is 30.1 Å². The highest BCUT2D eigenvalue weighted by atomic mass is 16.2. The number of carbonyl (C=O) groups is 2. The van der Waals surface area contributed by atoms with Gasteiger partial charge in [-0.1, -0.05) is 6.42 Å². The zero-order valence-corrected chi connectivity index (χ0v) is 18.6. The Kier molecular flexibility index (Phi) is 5.24. The Morgan fingerprint density at radius 1 is 1.13 bits per heavy atom. The summed E-state index contributed by atoms with van der Waals surface area (Å²) >= 11 is 0. The second-order valence-electron chi connectivity index (χ2n) is 10.1. The molecule has 2 aromatic heterocycles. The number of aromatic nitrogens is 2. The van der Waals surface area contributed by atoms with E-state index in [2.05, 4.69) is 41.3 Å². The number of piperidine rings is 1. The highest BCUT2D eigenvalue weighted by Crippen LogP contribution is 2.41. The van der Waals surface area contributed by atoms with Crippen LogP contribution in [-0.4, -0.2) is 51.6 Å². The number of amides is 3. The van der Waals surface area contributed by atoms with Gasteiger partial charge in [0.2, 0.25) is 5.91 Å². The van der Waals surface area contributed by atoms with Crippen LogP contribution in [0.5, 0.6) is 0 Å². The molecule has 1 saturated carbocycles. The van der Waals surface area contributed by atoms with E-state index in [1.807, 2.05) is 10.7 Å². The molecule has 2 aliphatic heterocycles. The van der Waals surface area contributed by atoms with Crippen LogP contribution in [0.4, 0.5) is 10.5 Å². The Balaban J connectivity index is 1.26. The molecule has 3 amide bonds. The van der Waals surface area contributed by atoms with E-state index in [0.717, 1.165) is 23.5 Å². The van der Waals surface area contributed by atoms with Crippen molar-refractivity contribution in [1.82, 2.24) is 19.8 Å². The van der Waals surface area contributed by atoms with Crippen LogP contribution in [0, 0.1) is 11.8 Å². The molecule has 4 heterocycles. The summed E-state index contributed by atoms with van der Waals surface area (Å²) in [7, 11) is 0. The second-order valence-corrected chi connectivity index (χ2v) is 10.1. The third kappa shape index (κ3) is 3.84. The maximum absolute atomic E-state index is 12.3. The molecule has 1 N–H and O–H groups in total. The summed E-state index contributed by atoms with van der Waals surface area (Å²) in [6.07, 6.45) is 11.7. The standard InChI is InChI=1S/C24H33N5O2/c1-24(2,19-4-3-5-19)27-10-6-17(7-11-27)14-18-8-13-29-20(15-18)21(16-25-29)28-12-9-22(30)26-23(28)31/h8,13,15-17,19H,3-7,9-12,14H2,1-2H3,(H,26,30,31). The Labute approximate surface area is 183 Å². The topological polar surface area (TPSA) is 70.0 Å². The molecule has 0 unspecified atom stereocenters. The minimum atomic E-state index is -0.363. The summed E-state index contributed by atoms with van der Waals surface area (Å²) in [5.74, 6) is 1.34. The average molecular weight is 424 g/mol. The van der Waals surface area contributed by atoms with Crippen molar-refractivity contribution >= 4 is 23.1 Å². The van der Waals surface area contributed by atoms with Gasteiger partial charge < -0.3 is 0 Å². The van der Waals surface area contributed by atoms with Crippen LogP contribution >= 0.6 is 0 Å². The lowest BCUT2D eigenvalue weighted by Gasteiger charge is -2.50. The number of anilines is 1. The zero-order valence-electron chi connectivity index (χ0n) is 18.6. The van der Waals surface area contributed by atoms with E-state index in [9.17, 15) is 9.59 Å². The van der Waals surface area contributed by atoms with E-state index in [-0.39, 0.29) is 11.9 Å². The number of rotatable bonds is 5. The molecule has 2 aromatic rings. The van der Waals surface area contributed by atoms with E-state index in [4.69, 9.17) is 0 Å². The first kappa shape index (κ1) is 20.5. The maximum atomic E-state index is 12.3. The number of likely N-dealkylation sites (tertiary alicyclic amines) is 1. The molecule has 3 aliphatic rings. The van der Waals surface area contributed by atoms with E-state index >= 15 is 0 Å². The van der Waals surface area contributed by atoms with Crippen LogP contribution in [-0.2, 0) is 11.2 Å². The highest BCUT2D eigenvalue weighted by Gasteiger charge is 2.39. The van der Waals surface area contributed by atoms with Crippen LogP contribution in [0.2, 0.25) is 0 Å². The highest BCUT2D eigenvalue weighted by molar-refractivity contribution is 6.07. The lowest BCUT2D eigenvalue weighted by atomic mass is 9.71. The molecule has 3 fully saturated rings. The first-order valence-electron chi connectivity index (χ1n) is 11.7. The SMILES string of the molecule is CC(C)(C1CCC1)N1CCC(Cc2ccn3ncc(N4CCC(=O)NC4=O)c3c2)CC1. The largest absolute Gasteiger partial charge is 0.328 e. The second kappa shape index (κ2) is 7.93.